The SMILES string of the molecule is CC(C)[C@@H]1CC[C@H](C)C[C@H]1OC(=O)COC(=O)c1cc(S(=O)(=O)N2CCc3ccccc3C2)ccc1Cl. The third-order valence-corrected chi connectivity index (χ3v) is 9.63. The molecule has 0 bridgehead atoms. The number of hydrogen-bond acceptors (Lipinski definition) is 6. The maximum absolute atomic E-state index is 13.3. The van der Waals surface area contributed by atoms with E-state index in [1.165, 1.54) is 22.5 Å². The highest BCUT2D eigenvalue weighted by Gasteiger charge is 2.34. The van der Waals surface area contributed by atoms with Crippen molar-refractivity contribution in [3.05, 3.63) is 64.2 Å². The van der Waals surface area contributed by atoms with Crippen molar-refractivity contribution in [2.24, 2.45) is 17.8 Å². The van der Waals surface area contributed by atoms with Crippen LogP contribution >= 0.6 is 11.6 Å². The van der Waals surface area contributed by atoms with Crippen molar-refractivity contribution in [2.45, 2.75) is 64.0 Å². The first-order valence-electron chi connectivity index (χ1n) is 12.8. The quantitative estimate of drug-likeness (QED) is 0.440. The van der Waals surface area contributed by atoms with Crippen LogP contribution < -0.4 is 0 Å². The van der Waals surface area contributed by atoms with Crippen molar-refractivity contribution >= 4 is 33.6 Å². The molecule has 1 aliphatic heterocycles. The highest BCUT2D eigenvalue weighted by atomic mass is 35.5. The Kier molecular flexibility index (Phi) is 8.61. The Labute approximate surface area is 224 Å². The number of fused-ring (bicyclic) bond motifs is 1. The predicted molar refractivity (Wildman–Crippen MR) is 141 cm³/mol. The minimum Gasteiger partial charge on any atom is -0.460 e. The van der Waals surface area contributed by atoms with Crippen LogP contribution in [-0.4, -0.2) is 43.9 Å². The topological polar surface area (TPSA) is 90.0 Å². The maximum atomic E-state index is 13.3. The zero-order chi connectivity index (χ0) is 26.7. The molecule has 2 aromatic rings. The van der Waals surface area contributed by atoms with Gasteiger partial charge in [0.05, 0.1) is 15.5 Å². The molecule has 2 aliphatic rings. The molecule has 4 rings (SSSR count). The van der Waals surface area contributed by atoms with E-state index >= 15 is 0 Å². The minimum atomic E-state index is -3.87. The number of rotatable bonds is 7. The number of ether oxygens (including phenoxy) is 2. The first-order valence-corrected chi connectivity index (χ1v) is 14.6. The molecule has 1 fully saturated rings. The van der Waals surface area contributed by atoms with E-state index in [9.17, 15) is 18.0 Å². The number of carbonyl (C=O) groups excluding carboxylic acids is 2. The maximum Gasteiger partial charge on any atom is 0.344 e. The number of halogens is 1. The summed E-state index contributed by atoms with van der Waals surface area (Å²) in [6.07, 6.45) is 3.29. The molecule has 0 spiro atoms. The summed E-state index contributed by atoms with van der Waals surface area (Å²) in [6, 6.07) is 11.7. The molecule has 0 saturated heterocycles. The number of hydrogen-bond donors (Lipinski definition) is 0. The van der Waals surface area contributed by atoms with Gasteiger partial charge in [-0.1, -0.05) is 63.1 Å². The van der Waals surface area contributed by atoms with Crippen LogP contribution in [0.3, 0.4) is 0 Å². The molecule has 0 N–H and O–H groups in total. The molecule has 9 heteroatoms. The van der Waals surface area contributed by atoms with E-state index in [4.69, 9.17) is 21.1 Å². The molecule has 0 amide bonds. The normalized spacial score (nSPS) is 22.4. The average molecular weight is 548 g/mol. The Hall–Kier alpha value is -2.42. The molecule has 0 aromatic heterocycles. The van der Waals surface area contributed by atoms with Gasteiger partial charge in [0.15, 0.2) is 6.61 Å². The molecular weight excluding hydrogens is 514 g/mol. The summed E-state index contributed by atoms with van der Waals surface area (Å²) >= 11 is 6.21. The van der Waals surface area contributed by atoms with Crippen LogP contribution in [0.5, 0.6) is 0 Å². The lowest BCUT2D eigenvalue weighted by Gasteiger charge is -2.36. The zero-order valence-electron chi connectivity index (χ0n) is 21.5. The highest BCUT2D eigenvalue weighted by Crippen LogP contribution is 2.35. The average Bonchev–Trinajstić information content (AvgIpc) is 2.87. The van der Waals surface area contributed by atoms with Crippen molar-refractivity contribution < 1.29 is 27.5 Å². The van der Waals surface area contributed by atoms with Gasteiger partial charge in [-0.15, -0.1) is 0 Å². The summed E-state index contributed by atoms with van der Waals surface area (Å²) in [5, 5.41) is 0.0438. The van der Waals surface area contributed by atoms with E-state index in [2.05, 4.69) is 20.8 Å². The molecule has 1 aliphatic carbocycles. The fourth-order valence-electron chi connectivity index (χ4n) is 5.30. The number of benzene rings is 2. The summed E-state index contributed by atoms with van der Waals surface area (Å²) in [5.74, 6) is -0.378. The van der Waals surface area contributed by atoms with Gasteiger partial charge in [-0.05, 0) is 66.3 Å². The number of nitrogens with zero attached hydrogens (tertiary/aromatic N) is 1. The molecule has 1 heterocycles. The summed E-state index contributed by atoms with van der Waals surface area (Å²) in [7, 11) is -3.87. The zero-order valence-corrected chi connectivity index (χ0v) is 23.1. The van der Waals surface area contributed by atoms with E-state index in [0.717, 1.165) is 30.4 Å². The molecule has 200 valence electrons. The van der Waals surface area contributed by atoms with Crippen molar-refractivity contribution in [1.82, 2.24) is 4.31 Å². The molecule has 0 unspecified atom stereocenters. The van der Waals surface area contributed by atoms with E-state index in [0.29, 0.717) is 24.8 Å². The van der Waals surface area contributed by atoms with Crippen molar-refractivity contribution in [1.29, 1.82) is 0 Å². The Morgan fingerprint density at radius 2 is 1.84 bits per heavy atom. The monoisotopic (exact) mass is 547 g/mol. The third-order valence-electron chi connectivity index (χ3n) is 7.46. The first kappa shape index (κ1) is 27.6. The lowest BCUT2D eigenvalue weighted by atomic mass is 9.75. The van der Waals surface area contributed by atoms with E-state index in [1.54, 1.807) is 0 Å². The van der Waals surface area contributed by atoms with Gasteiger partial charge < -0.3 is 9.47 Å². The lowest BCUT2D eigenvalue weighted by molar-refractivity contribution is -0.159. The number of carbonyl (C=O) groups is 2. The van der Waals surface area contributed by atoms with Gasteiger partial charge in [0.25, 0.3) is 0 Å². The van der Waals surface area contributed by atoms with Crippen LogP contribution in [-0.2, 0) is 37.3 Å². The van der Waals surface area contributed by atoms with Crippen molar-refractivity contribution in [3.8, 4) is 0 Å². The summed E-state index contributed by atoms with van der Waals surface area (Å²) in [5.41, 5.74) is 1.97. The van der Waals surface area contributed by atoms with Gasteiger partial charge in [-0.2, -0.15) is 4.31 Å². The smallest absolute Gasteiger partial charge is 0.344 e. The molecule has 37 heavy (non-hydrogen) atoms. The van der Waals surface area contributed by atoms with Gasteiger partial charge in [0.1, 0.15) is 6.10 Å². The minimum absolute atomic E-state index is 0.0438. The molecular formula is C28H34ClNO6S. The molecule has 7 nitrogen and oxygen atoms in total. The number of esters is 2. The third kappa shape index (κ3) is 6.36. The molecule has 3 atom stereocenters. The fourth-order valence-corrected chi connectivity index (χ4v) is 6.94. The Bertz CT molecular complexity index is 1260. The van der Waals surface area contributed by atoms with Crippen LogP contribution in [0.2, 0.25) is 5.02 Å². The van der Waals surface area contributed by atoms with Crippen LogP contribution in [0.25, 0.3) is 0 Å². The molecule has 1 saturated carbocycles. The Morgan fingerprint density at radius 1 is 1.11 bits per heavy atom. The standard InChI is InChI=1S/C28H34ClNO6S/c1-18(2)23-10-8-19(3)14-26(23)36-27(31)17-35-28(32)24-15-22(9-11-25(24)29)37(33,34)30-13-12-20-6-4-5-7-21(20)16-30/h4-7,9,11,15,18-19,23,26H,8,10,12-14,16-17H2,1-3H3/t19-,23-,26+/m0/s1. The Balaban J connectivity index is 1.42. The summed E-state index contributed by atoms with van der Waals surface area (Å²) in [4.78, 5) is 25.2. The predicted octanol–water partition coefficient (Wildman–Crippen LogP) is 5.25. The van der Waals surface area contributed by atoms with E-state index in [1.807, 2.05) is 24.3 Å². The summed E-state index contributed by atoms with van der Waals surface area (Å²) in [6.45, 7) is 6.41. The van der Waals surface area contributed by atoms with Crippen LogP contribution in [0.4, 0.5) is 0 Å². The highest BCUT2D eigenvalue weighted by molar-refractivity contribution is 7.89. The van der Waals surface area contributed by atoms with Gasteiger partial charge in [0, 0.05) is 13.1 Å². The molecule has 0 radical (unpaired) electrons. The van der Waals surface area contributed by atoms with E-state index < -0.39 is 28.6 Å². The van der Waals surface area contributed by atoms with E-state index in [-0.39, 0.29) is 34.0 Å². The fraction of sp³-hybridized carbons (Fsp3) is 0.500. The second-order valence-corrected chi connectivity index (χ2v) is 12.8. The second-order valence-electron chi connectivity index (χ2n) is 10.4. The van der Waals surface area contributed by atoms with Gasteiger partial charge in [-0.25, -0.2) is 18.0 Å². The van der Waals surface area contributed by atoms with Crippen molar-refractivity contribution in [3.63, 3.8) is 0 Å². The lowest BCUT2D eigenvalue weighted by Crippen LogP contribution is -2.37. The molecule has 2 aromatic carbocycles. The number of sulfonamides is 1. The first-order chi connectivity index (χ1) is 17.6. The Morgan fingerprint density at radius 3 is 2.57 bits per heavy atom. The van der Waals surface area contributed by atoms with Crippen LogP contribution in [0, 0.1) is 17.8 Å². The van der Waals surface area contributed by atoms with Crippen LogP contribution in [0.1, 0.15) is 61.5 Å². The second kappa shape index (κ2) is 11.5. The van der Waals surface area contributed by atoms with Gasteiger partial charge >= 0.3 is 11.9 Å². The van der Waals surface area contributed by atoms with Gasteiger partial charge in [-0.3, -0.25) is 0 Å². The van der Waals surface area contributed by atoms with Crippen molar-refractivity contribution in [2.75, 3.05) is 13.2 Å². The largest absolute Gasteiger partial charge is 0.460 e. The van der Waals surface area contributed by atoms with Gasteiger partial charge in [0.2, 0.25) is 10.0 Å². The summed E-state index contributed by atoms with van der Waals surface area (Å²) < 4.78 is 38.9. The van der Waals surface area contributed by atoms with Crippen LogP contribution in [0.15, 0.2) is 47.4 Å².